The quantitative estimate of drug-likeness (QED) is 0.846. The first-order valence-electron chi connectivity index (χ1n) is 7.62. The van der Waals surface area contributed by atoms with Gasteiger partial charge >= 0.3 is 0 Å². The number of aromatic nitrogens is 1. The van der Waals surface area contributed by atoms with Gasteiger partial charge in [0.1, 0.15) is 0 Å². The SMILES string of the molecule is CCCc1cnc(NC(=O)C(C)c2ccc(NC(C)=O)cc2)s1. The number of nitrogens with zero attached hydrogens (tertiary/aromatic N) is 1. The molecule has 2 N–H and O–H groups in total. The van der Waals surface area contributed by atoms with Gasteiger partial charge in [0.25, 0.3) is 0 Å². The predicted octanol–water partition coefficient (Wildman–Crippen LogP) is 3.80. The lowest BCUT2D eigenvalue weighted by molar-refractivity contribution is -0.117. The molecule has 2 aromatic rings. The minimum absolute atomic E-state index is 0.0883. The highest BCUT2D eigenvalue weighted by Crippen LogP contribution is 2.23. The Morgan fingerprint density at radius 3 is 2.52 bits per heavy atom. The third-order valence-electron chi connectivity index (χ3n) is 3.40. The van der Waals surface area contributed by atoms with Gasteiger partial charge in [0.15, 0.2) is 5.13 Å². The highest BCUT2D eigenvalue weighted by atomic mass is 32.1. The van der Waals surface area contributed by atoms with Crippen LogP contribution in [-0.2, 0) is 16.0 Å². The maximum absolute atomic E-state index is 12.3. The smallest absolute Gasteiger partial charge is 0.233 e. The molecular formula is C17H21N3O2S. The van der Waals surface area contributed by atoms with Gasteiger partial charge in [-0.3, -0.25) is 9.59 Å². The summed E-state index contributed by atoms with van der Waals surface area (Å²) in [6, 6.07) is 7.28. The van der Waals surface area contributed by atoms with Gasteiger partial charge in [-0.05, 0) is 31.0 Å². The minimum atomic E-state index is -0.292. The van der Waals surface area contributed by atoms with E-state index in [0.29, 0.717) is 5.13 Å². The number of thiazole rings is 1. The lowest BCUT2D eigenvalue weighted by atomic mass is 10.0. The minimum Gasteiger partial charge on any atom is -0.326 e. The van der Waals surface area contributed by atoms with Crippen LogP contribution in [0.2, 0.25) is 0 Å². The van der Waals surface area contributed by atoms with E-state index in [1.165, 1.54) is 23.1 Å². The van der Waals surface area contributed by atoms with Crippen molar-refractivity contribution in [3.8, 4) is 0 Å². The number of nitrogens with one attached hydrogen (secondary N) is 2. The molecule has 0 aliphatic rings. The van der Waals surface area contributed by atoms with E-state index in [4.69, 9.17) is 0 Å². The van der Waals surface area contributed by atoms with Gasteiger partial charge < -0.3 is 10.6 Å². The van der Waals surface area contributed by atoms with E-state index in [-0.39, 0.29) is 17.7 Å². The number of rotatable bonds is 6. The van der Waals surface area contributed by atoms with Crippen molar-refractivity contribution in [3.05, 3.63) is 40.9 Å². The Labute approximate surface area is 140 Å². The van der Waals surface area contributed by atoms with Crippen LogP contribution >= 0.6 is 11.3 Å². The van der Waals surface area contributed by atoms with Gasteiger partial charge in [-0.2, -0.15) is 0 Å². The third-order valence-corrected chi connectivity index (χ3v) is 4.38. The highest BCUT2D eigenvalue weighted by molar-refractivity contribution is 7.15. The molecule has 23 heavy (non-hydrogen) atoms. The molecule has 0 saturated carbocycles. The van der Waals surface area contributed by atoms with E-state index >= 15 is 0 Å². The van der Waals surface area contributed by atoms with Crippen LogP contribution in [0.4, 0.5) is 10.8 Å². The average Bonchev–Trinajstić information content (AvgIpc) is 2.94. The molecule has 1 unspecified atom stereocenters. The fraction of sp³-hybridized carbons (Fsp3) is 0.353. The number of amides is 2. The summed E-state index contributed by atoms with van der Waals surface area (Å²) >= 11 is 1.52. The molecule has 2 rings (SSSR count). The Balaban J connectivity index is 1.99. The summed E-state index contributed by atoms with van der Waals surface area (Å²) in [7, 11) is 0. The molecule has 0 bridgehead atoms. The molecule has 1 heterocycles. The van der Waals surface area contributed by atoms with Crippen molar-refractivity contribution in [2.75, 3.05) is 10.6 Å². The van der Waals surface area contributed by atoms with Crippen LogP contribution in [-0.4, -0.2) is 16.8 Å². The Hall–Kier alpha value is -2.21. The molecule has 0 aliphatic carbocycles. The van der Waals surface area contributed by atoms with Crippen molar-refractivity contribution >= 4 is 34.0 Å². The van der Waals surface area contributed by atoms with Crippen LogP contribution in [0.3, 0.4) is 0 Å². The van der Waals surface area contributed by atoms with Crippen LogP contribution in [0.15, 0.2) is 30.5 Å². The molecule has 5 nitrogen and oxygen atoms in total. The van der Waals surface area contributed by atoms with Crippen LogP contribution in [0, 0.1) is 0 Å². The second-order valence-electron chi connectivity index (χ2n) is 5.40. The van der Waals surface area contributed by atoms with Crippen molar-refractivity contribution in [2.45, 2.75) is 39.5 Å². The van der Waals surface area contributed by atoms with Crippen LogP contribution in [0.25, 0.3) is 0 Å². The van der Waals surface area contributed by atoms with Gasteiger partial charge in [-0.1, -0.05) is 25.5 Å². The van der Waals surface area contributed by atoms with Crippen molar-refractivity contribution in [1.29, 1.82) is 0 Å². The number of anilines is 2. The summed E-state index contributed by atoms with van der Waals surface area (Å²) in [5.41, 5.74) is 1.61. The van der Waals surface area contributed by atoms with Gasteiger partial charge in [-0.15, -0.1) is 11.3 Å². The van der Waals surface area contributed by atoms with E-state index in [1.54, 1.807) is 12.1 Å². The summed E-state index contributed by atoms with van der Waals surface area (Å²) in [4.78, 5) is 28.8. The predicted molar refractivity (Wildman–Crippen MR) is 93.9 cm³/mol. The van der Waals surface area contributed by atoms with E-state index in [9.17, 15) is 9.59 Å². The normalized spacial score (nSPS) is 11.8. The third kappa shape index (κ3) is 4.89. The molecule has 0 aliphatic heterocycles. The van der Waals surface area contributed by atoms with Crippen LogP contribution in [0.1, 0.15) is 43.6 Å². The lowest BCUT2D eigenvalue weighted by Crippen LogP contribution is -2.18. The highest BCUT2D eigenvalue weighted by Gasteiger charge is 2.16. The van der Waals surface area contributed by atoms with Gasteiger partial charge in [-0.25, -0.2) is 4.98 Å². The van der Waals surface area contributed by atoms with Crippen LogP contribution in [0.5, 0.6) is 0 Å². The van der Waals surface area contributed by atoms with Gasteiger partial charge in [0, 0.05) is 23.7 Å². The van der Waals surface area contributed by atoms with E-state index in [1.807, 2.05) is 25.3 Å². The van der Waals surface area contributed by atoms with E-state index < -0.39 is 0 Å². The molecule has 0 fully saturated rings. The average molecular weight is 331 g/mol. The molecular weight excluding hydrogens is 310 g/mol. The zero-order chi connectivity index (χ0) is 16.8. The molecule has 1 atom stereocenters. The Morgan fingerprint density at radius 2 is 1.91 bits per heavy atom. The molecule has 0 radical (unpaired) electrons. The molecule has 6 heteroatoms. The fourth-order valence-corrected chi connectivity index (χ4v) is 3.07. The fourth-order valence-electron chi connectivity index (χ4n) is 2.15. The summed E-state index contributed by atoms with van der Waals surface area (Å²) < 4.78 is 0. The van der Waals surface area contributed by atoms with Crippen molar-refractivity contribution < 1.29 is 9.59 Å². The Kier molecular flexibility index (Phi) is 5.87. The Morgan fingerprint density at radius 1 is 1.22 bits per heavy atom. The number of carbonyl (C=O) groups is 2. The molecule has 0 spiro atoms. The number of carbonyl (C=O) groups excluding carboxylic acids is 2. The van der Waals surface area contributed by atoms with Gasteiger partial charge in [0.2, 0.25) is 11.8 Å². The standard InChI is InChI=1S/C17H21N3O2S/c1-4-5-15-10-18-17(23-15)20-16(22)11(2)13-6-8-14(9-7-13)19-12(3)21/h6-11H,4-5H2,1-3H3,(H,19,21)(H,18,20,22). The maximum atomic E-state index is 12.3. The number of aryl methyl sites for hydroxylation is 1. The Bertz CT molecular complexity index is 679. The first kappa shape index (κ1) is 17.1. The second kappa shape index (κ2) is 7.87. The van der Waals surface area contributed by atoms with Crippen molar-refractivity contribution in [2.24, 2.45) is 0 Å². The first-order chi connectivity index (χ1) is 11.0. The summed E-state index contributed by atoms with van der Waals surface area (Å²) in [5.74, 6) is -0.496. The maximum Gasteiger partial charge on any atom is 0.233 e. The van der Waals surface area contributed by atoms with E-state index in [0.717, 1.165) is 24.1 Å². The summed E-state index contributed by atoms with van der Waals surface area (Å²) in [6.07, 6.45) is 3.86. The second-order valence-corrected chi connectivity index (χ2v) is 6.51. The van der Waals surface area contributed by atoms with Crippen molar-refractivity contribution in [3.63, 3.8) is 0 Å². The zero-order valence-corrected chi connectivity index (χ0v) is 14.4. The largest absolute Gasteiger partial charge is 0.326 e. The summed E-state index contributed by atoms with van der Waals surface area (Å²) in [6.45, 7) is 5.43. The monoisotopic (exact) mass is 331 g/mol. The molecule has 2 amide bonds. The topological polar surface area (TPSA) is 71.1 Å². The zero-order valence-electron chi connectivity index (χ0n) is 13.6. The number of hydrogen-bond acceptors (Lipinski definition) is 4. The number of benzene rings is 1. The van der Waals surface area contributed by atoms with Crippen molar-refractivity contribution in [1.82, 2.24) is 4.98 Å². The van der Waals surface area contributed by atoms with Crippen LogP contribution < -0.4 is 10.6 Å². The molecule has 0 saturated heterocycles. The summed E-state index contributed by atoms with van der Waals surface area (Å²) in [5, 5.41) is 6.21. The number of hydrogen-bond donors (Lipinski definition) is 2. The van der Waals surface area contributed by atoms with E-state index in [2.05, 4.69) is 22.5 Å². The van der Waals surface area contributed by atoms with Gasteiger partial charge in [0.05, 0.1) is 5.92 Å². The lowest BCUT2D eigenvalue weighted by Gasteiger charge is -2.12. The molecule has 1 aromatic heterocycles. The molecule has 1 aromatic carbocycles. The molecule has 122 valence electrons. The first-order valence-corrected chi connectivity index (χ1v) is 8.44.